The van der Waals surface area contributed by atoms with Crippen LogP contribution in [0.4, 0.5) is 0 Å². The molecule has 0 aliphatic carbocycles. The lowest BCUT2D eigenvalue weighted by Crippen LogP contribution is -2.27. The van der Waals surface area contributed by atoms with Crippen LogP contribution in [0.25, 0.3) is 0 Å². The Labute approximate surface area is 97.9 Å². The summed E-state index contributed by atoms with van der Waals surface area (Å²) < 4.78 is 10.3. The number of carbonyl (C=O) groups is 1. The lowest BCUT2D eigenvalue weighted by molar-refractivity contribution is -0.155. The normalized spacial score (nSPS) is 13.6. The molecule has 0 aliphatic heterocycles. The van der Waals surface area contributed by atoms with Gasteiger partial charge in [-0.05, 0) is 33.6 Å². The molecule has 1 N–H and O–H groups in total. The first kappa shape index (κ1) is 15.4. The van der Waals surface area contributed by atoms with Gasteiger partial charge in [0.25, 0.3) is 0 Å². The second-order valence-electron chi connectivity index (χ2n) is 4.62. The Morgan fingerprint density at radius 1 is 1.31 bits per heavy atom. The molecule has 0 rings (SSSR count). The van der Waals surface area contributed by atoms with Crippen molar-refractivity contribution >= 4 is 5.97 Å². The summed E-state index contributed by atoms with van der Waals surface area (Å²) in [4.78, 5) is 11.5. The van der Waals surface area contributed by atoms with E-state index in [1.165, 1.54) is 0 Å². The van der Waals surface area contributed by atoms with Crippen molar-refractivity contribution in [1.29, 1.82) is 0 Å². The van der Waals surface area contributed by atoms with Gasteiger partial charge in [0.15, 0.2) is 0 Å². The zero-order valence-corrected chi connectivity index (χ0v) is 10.8. The third-order valence-corrected chi connectivity index (χ3v) is 2.58. The van der Waals surface area contributed by atoms with Crippen molar-refractivity contribution in [2.45, 2.75) is 46.6 Å². The first-order chi connectivity index (χ1) is 7.40. The van der Waals surface area contributed by atoms with E-state index >= 15 is 0 Å². The second kappa shape index (κ2) is 7.63. The molecular weight excluding hydrogens is 208 g/mol. The Hall–Kier alpha value is -0.610. The maximum atomic E-state index is 11.5. The highest BCUT2D eigenvalue weighted by molar-refractivity contribution is 5.75. The molecule has 96 valence electrons. The highest BCUT2D eigenvalue weighted by Gasteiger charge is 2.26. The van der Waals surface area contributed by atoms with Crippen LogP contribution in [-0.4, -0.2) is 37.0 Å². The number of carbonyl (C=O) groups excluding carboxylic acids is 1. The van der Waals surface area contributed by atoms with Gasteiger partial charge >= 0.3 is 5.97 Å². The average Bonchev–Trinajstić information content (AvgIpc) is 2.22. The van der Waals surface area contributed by atoms with Gasteiger partial charge < -0.3 is 14.6 Å². The predicted octanol–water partition coefficient (Wildman–Crippen LogP) is 1.75. The van der Waals surface area contributed by atoms with Crippen molar-refractivity contribution in [3.8, 4) is 0 Å². The van der Waals surface area contributed by atoms with E-state index in [4.69, 9.17) is 14.6 Å². The van der Waals surface area contributed by atoms with Gasteiger partial charge in [-0.15, -0.1) is 0 Å². The third-order valence-electron chi connectivity index (χ3n) is 2.58. The number of aliphatic hydroxyl groups is 1. The minimum atomic E-state index is -0.417. The summed E-state index contributed by atoms with van der Waals surface area (Å²) >= 11 is 0. The molecule has 0 aromatic carbocycles. The molecule has 0 aromatic heterocycles. The standard InChI is InChI=1S/C12H24O4/c1-5-12(3,4)11(14)16-9-8-15-7-6-10(2)13/h10,13H,5-9H2,1-4H3. The summed E-state index contributed by atoms with van der Waals surface area (Å²) in [5.41, 5.74) is -0.417. The lowest BCUT2D eigenvalue weighted by atomic mass is 9.91. The Balaban J connectivity index is 3.49. The van der Waals surface area contributed by atoms with E-state index in [2.05, 4.69) is 0 Å². The molecule has 0 aromatic rings. The van der Waals surface area contributed by atoms with E-state index < -0.39 is 5.41 Å². The van der Waals surface area contributed by atoms with E-state index in [1.54, 1.807) is 6.92 Å². The monoisotopic (exact) mass is 232 g/mol. The van der Waals surface area contributed by atoms with Crippen LogP contribution in [-0.2, 0) is 14.3 Å². The van der Waals surface area contributed by atoms with E-state index in [9.17, 15) is 4.79 Å². The van der Waals surface area contributed by atoms with Crippen LogP contribution in [0.5, 0.6) is 0 Å². The molecule has 0 fully saturated rings. The lowest BCUT2D eigenvalue weighted by Gasteiger charge is -2.20. The maximum absolute atomic E-state index is 11.5. The molecule has 0 amide bonds. The van der Waals surface area contributed by atoms with Gasteiger partial charge in [-0.3, -0.25) is 4.79 Å². The first-order valence-electron chi connectivity index (χ1n) is 5.83. The molecule has 0 aliphatic rings. The van der Waals surface area contributed by atoms with E-state index in [-0.39, 0.29) is 18.7 Å². The summed E-state index contributed by atoms with van der Waals surface area (Å²) in [6.07, 6.45) is 1.02. The number of esters is 1. The van der Waals surface area contributed by atoms with E-state index in [1.807, 2.05) is 20.8 Å². The van der Waals surface area contributed by atoms with Crippen molar-refractivity contribution in [1.82, 2.24) is 0 Å². The van der Waals surface area contributed by atoms with Crippen LogP contribution in [0, 0.1) is 5.41 Å². The maximum Gasteiger partial charge on any atom is 0.311 e. The molecule has 0 heterocycles. The van der Waals surface area contributed by atoms with Crippen LogP contribution in [0.2, 0.25) is 0 Å². The number of aliphatic hydroxyl groups excluding tert-OH is 1. The van der Waals surface area contributed by atoms with Gasteiger partial charge in [-0.2, -0.15) is 0 Å². The molecule has 0 radical (unpaired) electrons. The summed E-state index contributed by atoms with van der Waals surface area (Å²) in [7, 11) is 0. The van der Waals surface area contributed by atoms with Crippen LogP contribution in [0.1, 0.15) is 40.5 Å². The minimum Gasteiger partial charge on any atom is -0.463 e. The second-order valence-corrected chi connectivity index (χ2v) is 4.62. The SMILES string of the molecule is CCC(C)(C)C(=O)OCCOCCC(C)O. The number of ether oxygens (including phenoxy) is 2. The van der Waals surface area contributed by atoms with Crippen molar-refractivity contribution < 1.29 is 19.4 Å². The fourth-order valence-electron chi connectivity index (χ4n) is 0.889. The molecule has 0 bridgehead atoms. The summed E-state index contributed by atoms with van der Waals surface area (Å²) in [5.74, 6) is -0.186. The molecule has 4 heteroatoms. The van der Waals surface area contributed by atoms with Gasteiger partial charge in [0.05, 0.1) is 18.1 Å². The quantitative estimate of drug-likeness (QED) is 0.511. The van der Waals surface area contributed by atoms with E-state index in [0.717, 1.165) is 6.42 Å². The molecule has 16 heavy (non-hydrogen) atoms. The highest BCUT2D eigenvalue weighted by atomic mass is 16.6. The zero-order valence-electron chi connectivity index (χ0n) is 10.8. The molecule has 0 saturated carbocycles. The van der Waals surface area contributed by atoms with Crippen LogP contribution >= 0.6 is 0 Å². The Kier molecular flexibility index (Phi) is 7.34. The number of hydrogen-bond acceptors (Lipinski definition) is 4. The topological polar surface area (TPSA) is 55.8 Å². The molecular formula is C12H24O4. The smallest absolute Gasteiger partial charge is 0.311 e. The minimum absolute atomic E-state index is 0.186. The Bertz CT molecular complexity index is 199. The van der Waals surface area contributed by atoms with Crippen molar-refractivity contribution in [2.24, 2.45) is 5.41 Å². The van der Waals surface area contributed by atoms with Crippen LogP contribution < -0.4 is 0 Å². The van der Waals surface area contributed by atoms with Crippen molar-refractivity contribution in [2.75, 3.05) is 19.8 Å². The molecule has 4 nitrogen and oxygen atoms in total. The summed E-state index contributed by atoms with van der Waals surface area (Å²) in [6.45, 7) is 8.56. The zero-order chi connectivity index (χ0) is 12.6. The fourth-order valence-corrected chi connectivity index (χ4v) is 0.889. The van der Waals surface area contributed by atoms with Gasteiger partial charge in [0.2, 0.25) is 0 Å². The van der Waals surface area contributed by atoms with Crippen molar-refractivity contribution in [3.63, 3.8) is 0 Å². The highest BCUT2D eigenvalue weighted by Crippen LogP contribution is 2.21. The summed E-state index contributed by atoms with van der Waals surface area (Å²) in [6, 6.07) is 0. The van der Waals surface area contributed by atoms with Crippen LogP contribution in [0.3, 0.4) is 0 Å². The average molecular weight is 232 g/mol. The molecule has 1 unspecified atom stereocenters. The Morgan fingerprint density at radius 2 is 1.94 bits per heavy atom. The molecule has 0 saturated heterocycles. The summed E-state index contributed by atoms with van der Waals surface area (Å²) in [5, 5.41) is 8.97. The Morgan fingerprint density at radius 3 is 2.44 bits per heavy atom. The van der Waals surface area contributed by atoms with Gasteiger partial charge in [-0.25, -0.2) is 0 Å². The fraction of sp³-hybridized carbons (Fsp3) is 0.917. The first-order valence-corrected chi connectivity index (χ1v) is 5.83. The van der Waals surface area contributed by atoms with E-state index in [0.29, 0.717) is 19.6 Å². The predicted molar refractivity (Wildman–Crippen MR) is 62.1 cm³/mol. The largest absolute Gasteiger partial charge is 0.463 e. The van der Waals surface area contributed by atoms with Gasteiger partial charge in [0.1, 0.15) is 6.61 Å². The third kappa shape index (κ3) is 6.80. The number of rotatable bonds is 8. The molecule has 0 spiro atoms. The van der Waals surface area contributed by atoms with Crippen molar-refractivity contribution in [3.05, 3.63) is 0 Å². The van der Waals surface area contributed by atoms with Gasteiger partial charge in [-0.1, -0.05) is 6.92 Å². The number of hydrogen-bond donors (Lipinski definition) is 1. The van der Waals surface area contributed by atoms with Crippen LogP contribution in [0.15, 0.2) is 0 Å². The molecule has 1 atom stereocenters. The van der Waals surface area contributed by atoms with Gasteiger partial charge in [0, 0.05) is 6.61 Å².